The molecule has 27 heavy (non-hydrogen) atoms. The van der Waals surface area contributed by atoms with Crippen molar-refractivity contribution in [3.05, 3.63) is 35.5 Å². The Morgan fingerprint density at radius 1 is 1.30 bits per heavy atom. The van der Waals surface area contributed by atoms with E-state index in [4.69, 9.17) is 0 Å². The maximum absolute atomic E-state index is 4.42. The van der Waals surface area contributed by atoms with Crippen molar-refractivity contribution in [3.63, 3.8) is 0 Å². The maximum atomic E-state index is 4.42. The number of aliphatic imine (C=N–C) groups is 1. The molecule has 3 N–H and O–H groups in total. The first-order valence-electron chi connectivity index (χ1n) is 10.3. The molecule has 1 aromatic heterocycles. The molecule has 0 aliphatic carbocycles. The third-order valence-corrected chi connectivity index (χ3v) is 5.47. The quantitative estimate of drug-likeness (QED) is 0.541. The fourth-order valence-electron chi connectivity index (χ4n) is 4.05. The number of para-hydroxylation sites is 1. The molecule has 0 saturated carbocycles. The number of H-pyrrole nitrogens is 1. The SMILES string of the molecule is CN=C(NCCc1c[nH]c2c(C)cccc12)NC1CCN(CC(C)C)CC1. The van der Waals surface area contributed by atoms with Gasteiger partial charge in [-0.1, -0.05) is 32.0 Å². The molecular weight excluding hydrogens is 334 g/mol. The molecule has 5 nitrogen and oxygen atoms in total. The van der Waals surface area contributed by atoms with Crippen LogP contribution in [-0.2, 0) is 6.42 Å². The van der Waals surface area contributed by atoms with E-state index in [0.717, 1.165) is 24.8 Å². The first kappa shape index (κ1) is 19.7. The van der Waals surface area contributed by atoms with Crippen molar-refractivity contribution < 1.29 is 0 Å². The molecule has 1 fully saturated rings. The van der Waals surface area contributed by atoms with Crippen LogP contribution in [0.5, 0.6) is 0 Å². The number of fused-ring (bicyclic) bond motifs is 1. The highest BCUT2D eigenvalue weighted by Crippen LogP contribution is 2.21. The first-order chi connectivity index (χ1) is 13.1. The van der Waals surface area contributed by atoms with E-state index in [1.165, 1.54) is 54.5 Å². The summed E-state index contributed by atoms with van der Waals surface area (Å²) in [7, 11) is 1.86. The summed E-state index contributed by atoms with van der Waals surface area (Å²) in [6.07, 6.45) is 5.50. The fourth-order valence-corrected chi connectivity index (χ4v) is 4.05. The summed E-state index contributed by atoms with van der Waals surface area (Å²) in [5, 5.41) is 8.43. The predicted octanol–water partition coefficient (Wildman–Crippen LogP) is 3.30. The monoisotopic (exact) mass is 369 g/mol. The average Bonchev–Trinajstić information content (AvgIpc) is 3.06. The Morgan fingerprint density at radius 2 is 2.07 bits per heavy atom. The van der Waals surface area contributed by atoms with Gasteiger partial charge in [0.2, 0.25) is 0 Å². The van der Waals surface area contributed by atoms with Crippen LogP contribution in [0, 0.1) is 12.8 Å². The summed E-state index contributed by atoms with van der Waals surface area (Å²) < 4.78 is 0. The van der Waals surface area contributed by atoms with Crippen molar-refractivity contribution in [1.29, 1.82) is 0 Å². The topological polar surface area (TPSA) is 55.5 Å². The number of nitrogens with zero attached hydrogens (tertiary/aromatic N) is 2. The molecule has 2 heterocycles. The molecule has 0 atom stereocenters. The molecule has 0 bridgehead atoms. The predicted molar refractivity (Wildman–Crippen MR) is 116 cm³/mol. The van der Waals surface area contributed by atoms with Gasteiger partial charge in [0.15, 0.2) is 5.96 Å². The maximum Gasteiger partial charge on any atom is 0.191 e. The van der Waals surface area contributed by atoms with Crippen LogP contribution in [0.2, 0.25) is 0 Å². The van der Waals surface area contributed by atoms with E-state index in [0.29, 0.717) is 6.04 Å². The minimum atomic E-state index is 0.523. The van der Waals surface area contributed by atoms with Gasteiger partial charge in [-0.3, -0.25) is 4.99 Å². The highest BCUT2D eigenvalue weighted by molar-refractivity contribution is 5.86. The van der Waals surface area contributed by atoms with Crippen LogP contribution in [0.3, 0.4) is 0 Å². The molecular formula is C22H35N5. The number of piperidine rings is 1. The molecule has 2 aromatic rings. The third kappa shape index (κ3) is 5.25. The van der Waals surface area contributed by atoms with Crippen LogP contribution in [0.4, 0.5) is 0 Å². The zero-order valence-corrected chi connectivity index (χ0v) is 17.3. The molecule has 0 spiro atoms. The lowest BCUT2D eigenvalue weighted by atomic mass is 10.0. The van der Waals surface area contributed by atoms with Crippen LogP contribution in [0.1, 0.15) is 37.8 Å². The Kier molecular flexibility index (Phi) is 6.78. The Balaban J connectivity index is 1.45. The molecule has 3 rings (SSSR count). The van der Waals surface area contributed by atoms with Gasteiger partial charge >= 0.3 is 0 Å². The van der Waals surface area contributed by atoms with Gasteiger partial charge in [0.1, 0.15) is 0 Å². The number of aromatic nitrogens is 1. The number of aryl methyl sites for hydroxylation is 1. The van der Waals surface area contributed by atoms with Crippen LogP contribution < -0.4 is 10.6 Å². The van der Waals surface area contributed by atoms with Gasteiger partial charge in [-0.2, -0.15) is 0 Å². The number of benzene rings is 1. The normalized spacial score (nSPS) is 17.0. The first-order valence-corrected chi connectivity index (χ1v) is 10.3. The standard InChI is InChI=1S/C22H35N5/c1-16(2)15-27-12-9-19(10-13-27)26-22(23-4)24-11-8-18-14-25-21-17(3)6-5-7-20(18)21/h5-7,14,16,19,25H,8-13,15H2,1-4H3,(H2,23,24,26). The van der Waals surface area contributed by atoms with E-state index >= 15 is 0 Å². The Morgan fingerprint density at radius 3 is 2.78 bits per heavy atom. The largest absolute Gasteiger partial charge is 0.361 e. The van der Waals surface area contributed by atoms with Crippen molar-refractivity contribution in [2.24, 2.45) is 10.9 Å². The highest BCUT2D eigenvalue weighted by atomic mass is 15.2. The number of guanidine groups is 1. The van der Waals surface area contributed by atoms with Gasteiger partial charge in [0.25, 0.3) is 0 Å². The average molecular weight is 370 g/mol. The number of aromatic amines is 1. The molecule has 1 saturated heterocycles. The van der Waals surface area contributed by atoms with Gasteiger partial charge < -0.3 is 20.5 Å². The number of rotatable bonds is 6. The second-order valence-electron chi connectivity index (χ2n) is 8.17. The number of hydrogen-bond donors (Lipinski definition) is 3. The molecule has 0 unspecified atom stereocenters. The molecule has 1 aromatic carbocycles. The van der Waals surface area contributed by atoms with E-state index in [1.807, 2.05) is 7.05 Å². The van der Waals surface area contributed by atoms with E-state index in [9.17, 15) is 0 Å². The second-order valence-corrected chi connectivity index (χ2v) is 8.17. The van der Waals surface area contributed by atoms with Crippen molar-refractivity contribution in [3.8, 4) is 0 Å². The summed E-state index contributed by atoms with van der Waals surface area (Å²) >= 11 is 0. The zero-order chi connectivity index (χ0) is 19.2. The van der Waals surface area contributed by atoms with E-state index < -0.39 is 0 Å². The minimum Gasteiger partial charge on any atom is -0.361 e. The smallest absolute Gasteiger partial charge is 0.191 e. The van der Waals surface area contributed by atoms with Crippen LogP contribution >= 0.6 is 0 Å². The number of nitrogens with one attached hydrogen (secondary N) is 3. The van der Waals surface area contributed by atoms with E-state index in [1.54, 1.807) is 0 Å². The number of likely N-dealkylation sites (tertiary alicyclic amines) is 1. The third-order valence-electron chi connectivity index (χ3n) is 5.47. The Labute approximate surface area is 163 Å². The Bertz CT molecular complexity index is 753. The van der Waals surface area contributed by atoms with Crippen LogP contribution in [0.25, 0.3) is 10.9 Å². The summed E-state index contributed by atoms with van der Waals surface area (Å²) in [5.74, 6) is 1.67. The van der Waals surface area contributed by atoms with Crippen LogP contribution in [0.15, 0.2) is 29.4 Å². The zero-order valence-electron chi connectivity index (χ0n) is 17.3. The van der Waals surface area contributed by atoms with Crippen molar-refractivity contribution in [2.45, 2.75) is 46.1 Å². The van der Waals surface area contributed by atoms with Crippen molar-refractivity contribution in [2.75, 3.05) is 33.2 Å². The lowest BCUT2D eigenvalue weighted by Crippen LogP contribution is -2.49. The molecule has 148 valence electrons. The molecule has 1 aliphatic heterocycles. The summed E-state index contributed by atoms with van der Waals surface area (Å²) in [6.45, 7) is 11.2. The van der Waals surface area contributed by atoms with Gasteiger partial charge in [-0.25, -0.2) is 0 Å². The Hall–Kier alpha value is -2.01. The molecule has 1 aliphatic rings. The molecule has 0 radical (unpaired) electrons. The van der Waals surface area contributed by atoms with Crippen molar-refractivity contribution in [1.82, 2.24) is 20.5 Å². The lowest BCUT2D eigenvalue weighted by Gasteiger charge is -2.34. The molecule has 5 heteroatoms. The van der Waals surface area contributed by atoms with Gasteiger partial charge in [-0.05, 0) is 43.2 Å². The van der Waals surface area contributed by atoms with E-state index in [-0.39, 0.29) is 0 Å². The van der Waals surface area contributed by atoms with Gasteiger partial charge in [0, 0.05) is 56.4 Å². The number of hydrogen-bond acceptors (Lipinski definition) is 2. The van der Waals surface area contributed by atoms with E-state index in [2.05, 4.69) is 70.7 Å². The summed E-state index contributed by atoms with van der Waals surface area (Å²) in [5.41, 5.74) is 3.91. The van der Waals surface area contributed by atoms with Crippen molar-refractivity contribution >= 4 is 16.9 Å². The highest BCUT2D eigenvalue weighted by Gasteiger charge is 2.20. The minimum absolute atomic E-state index is 0.523. The summed E-state index contributed by atoms with van der Waals surface area (Å²) in [4.78, 5) is 10.4. The van der Waals surface area contributed by atoms with Gasteiger partial charge in [-0.15, -0.1) is 0 Å². The lowest BCUT2D eigenvalue weighted by molar-refractivity contribution is 0.187. The molecule has 0 amide bonds. The fraction of sp³-hybridized carbons (Fsp3) is 0.591. The van der Waals surface area contributed by atoms with Gasteiger partial charge in [0.05, 0.1) is 0 Å². The second kappa shape index (κ2) is 9.27. The summed E-state index contributed by atoms with van der Waals surface area (Å²) in [6, 6.07) is 7.01. The van der Waals surface area contributed by atoms with Crippen LogP contribution in [-0.4, -0.2) is 55.1 Å².